The van der Waals surface area contributed by atoms with Gasteiger partial charge in [-0.05, 0) is 32.0 Å². The number of aryl methyl sites for hydroxylation is 2. The number of hydrogen-bond donors (Lipinski definition) is 1. The van der Waals surface area contributed by atoms with Crippen LogP contribution in [0.5, 0.6) is 0 Å². The van der Waals surface area contributed by atoms with E-state index in [1.165, 1.54) is 0 Å². The fourth-order valence-electron chi connectivity index (χ4n) is 2.07. The number of fused-ring (bicyclic) bond motifs is 1. The van der Waals surface area contributed by atoms with Crippen LogP contribution in [0.2, 0.25) is 0 Å². The number of hydrogen-bond acceptors (Lipinski definition) is 4. The Kier molecular flexibility index (Phi) is 2.78. The van der Waals surface area contributed by atoms with Crippen LogP contribution in [0, 0.1) is 13.8 Å². The minimum atomic E-state index is -0.956. The van der Waals surface area contributed by atoms with Crippen LogP contribution in [0.1, 0.15) is 27.7 Å². The Balaban J connectivity index is 2.02. The fraction of sp³-hybridized carbons (Fsp3) is 0.214. The van der Waals surface area contributed by atoms with Gasteiger partial charge in [-0.15, -0.1) is 0 Å². The Morgan fingerprint density at radius 1 is 1.40 bits per heavy atom. The van der Waals surface area contributed by atoms with Gasteiger partial charge in [0.1, 0.15) is 12.3 Å². The molecule has 2 aromatic heterocycles. The molecule has 3 aromatic rings. The van der Waals surface area contributed by atoms with Crippen molar-refractivity contribution in [1.82, 2.24) is 14.5 Å². The van der Waals surface area contributed by atoms with Gasteiger partial charge in [-0.3, -0.25) is 0 Å². The molecule has 6 heteroatoms. The van der Waals surface area contributed by atoms with Crippen LogP contribution in [-0.2, 0) is 6.54 Å². The highest BCUT2D eigenvalue weighted by Crippen LogP contribution is 2.17. The molecule has 0 spiro atoms. The lowest BCUT2D eigenvalue weighted by atomic mass is 10.2. The molecule has 0 aliphatic heterocycles. The third-order valence-electron chi connectivity index (χ3n) is 3.25. The highest BCUT2D eigenvalue weighted by Gasteiger charge is 2.11. The minimum absolute atomic E-state index is 0.235. The van der Waals surface area contributed by atoms with Gasteiger partial charge in [0, 0.05) is 0 Å². The zero-order valence-corrected chi connectivity index (χ0v) is 11.1. The van der Waals surface area contributed by atoms with E-state index in [1.807, 2.05) is 18.4 Å². The number of imidazole rings is 1. The second-order valence-electron chi connectivity index (χ2n) is 4.63. The Labute approximate surface area is 114 Å². The number of oxazole rings is 1. The molecule has 3 rings (SSSR count). The monoisotopic (exact) mass is 271 g/mol. The lowest BCUT2D eigenvalue weighted by molar-refractivity contribution is 0.0697. The van der Waals surface area contributed by atoms with Crippen molar-refractivity contribution in [2.75, 3.05) is 0 Å². The smallest absolute Gasteiger partial charge is 0.335 e. The largest absolute Gasteiger partial charge is 0.478 e. The van der Waals surface area contributed by atoms with E-state index in [1.54, 1.807) is 24.5 Å². The first-order valence-corrected chi connectivity index (χ1v) is 6.15. The van der Waals surface area contributed by atoms with Gasteiger partial charge in [-0.25, -0.2) is 14.8 Å². The van der Waals surface area contributed by atoms with Crippen molar-refractivity contribution in [3.8, 4) is 0 Å². The van der Waals surface area contributed by atoms with E-state index in [9.17, 15) is 4.79 Å². The molecular formula is C14H13N3O3. The molecule has 0 aliphatic carbocycles. The number of nitrogens with zero attached hydrogens (tertiary/aromatic N) is 3. The molecule has 1 aromatic carbocycles. The van der Waals surface area contributed by atoms with E-state index < -0.39 is 5.97 Å². The maximum Gasteiger partial charge on any atom is 0.335 e. The van der Waals surface area contributed by atoms with Crippen molar-refractivity contribution < 1.29 is 14.3 Å². The van der Waals surface area contributed by atoms with Crippen molar-refractivity contribution in [2.24, 2.45) is 0 Å². The SMILES string of the molecule is Cc1nc(Cn2cnc3ccc(C(=O)O)cc32)oc1C. The Hall–Kier alpha value is -2.63. The minimum Gasteiger partial charge on any atom is -0.478 e. The predicted octanol–water partition coefficient (Wildman–Crippen LogP) is 2.39. The van der Waals surface area contributed by atoms with Gasteiger partial charge in [-0.1, -0.05) is 0 Å². The van der Waals surface area contributed by atoms with Crippen molar-refractivity contribution in [2.45, 2.75) is 20.4 Å². The summed E-state index contributed by atoms with van der Waals surface area (Å²) in [5, 5.41) is 9.04. The van der Waals surface area contributed by atoms with Gasteiger partial charge in [0.15, 0.2) is 0 Å². The average Bonchev–Trinajstić information content (AvgIpc) is 2.94. The molecule has 6 nitrogen and oxygen atoms in total. The number of carboxylic acid groups (broad SMARTS) is 1. The molecule has 0 unspecified atom stereocenters. The lowest BCUT2D eigenvalue weighted by Gasteiger charge is -2.01. The molecule has 0 amide bonds. The van der Waals surface area contributed by atoms with E-state index in [4.69, 9.17) is 9.52 Å². The van der Waals surface area contributed by atoms with Gasteiger partial charge in [-0.2, -0.15) is 0 Å². The summed E-state index contributed by atoms with van der Waals surface area (Å²) in [6.45, 7) is 4.17. The molecule has 0 saturated heterocycles. The third-order valence-corrected chi connectivity index (χ3v) is 3.25. The lowest BCUT2D eigenvalue weighted by Crippen LogP contribution is -2.00. The van der Waals surface area contributed by atoms with Crippen molar-refractivity contribution in [1.29, 1.82) is 0 Å². The Morgan fingerprint density at radius 3 is 2.85 bits per heavy atom. The van der Waals surface area contributed by atoms with Gasteiger partial charge in [0.25, 0.3) is 0 Å². The quantitative estimate of drug-likeness (QED) is 0.791. The van der Waals surface area contributed by atoms with Crippen LogP contribution in [0.15, 0.2) is 28.9 Å². The standard InChI is InChI=1S/C14H13N3O3/c1-8-9(2)20-13(16-8)6-17-7-15-11-4-3-10(14(18)19)5-12(11)17/h3-5,7H,6H2,1-2H3,(H,18,19). The van der Waals surface area contributed by atoms with Crippen LogP contribution in [0.4, 0.5) is 0 Å². The second-order valence-corrected chi connectivity index (χ2v) is 4.63. The molecule has 102 valence electrons. The number of aromatic carboxylic acids is 1. The molecule has 0 radical (unpaired) electrons. The summed E-state index contributed by atoms with van der Waals surface area (Å²) < 4.78 is 7.36. The summed E-state index contributed by atoms with van der Waals surface area (Å²) in [6.07, 6.45) is 1.66. The van der Waals surface area contributed by atoms with Crippen molar-refractivity contribution in [3.05, 3.63) is 47.4 Å². The predicted molar refractivity (Wildman–Crippen MR) is 71.8 cm³/mol. The summed E-state index contributed by atoms with van der Waals surface area (Å²) in [7, 11) is 0. The van der Waals surface area contributed by atoms with Crippen LogP contribution < -0.4 is 0 Å². The van der Waals surface area contributed by atoms with Crippen LogP contribution >= 0.6 is 0 Å². The van der Waals surface area contributed by atoms with E-state index in [0.29, 0.717) is 12.4 Å². The highest BCUT2D eigenvalue weighted by atomic mass is 16.4. The van der Waals surface area contributed by atoms with E-state index in [0.717, 1.165) is 22.5 Å². The zero-order chi connectivity index (χ0) is 14.3. The Bertz CT molecular complexity index is 782. The number of aromatic nitrogens is 3. The van der Waals surface area contributed by atoms with Crippen LogP contribution in [0.25, 0.3) is 11.0 Å². The molecule has 0 bridgehead atoms. The third kappa shape index (κ3) is 2.05. The summed E-state index contributed by atoms with van der Waals surface area (Å²) in [4.78, 5) is 19.6. The molecule has 0 fully saturated rings. The maximum absolute atomic E-state index is 11.0. The van der Waals surface area contributed by atoms with E-state index in [2.05, 4.69) is 9.97 Å². The topological polar surface area (TPSA) is 81.2 Å². The summed E-state index contributed by atoms with van der Waals surface area (Å²) in [5.74, 6) is 0.415. The number of carboxylic acids is 1. The number of benzene rings is 1. The molecular weight excluding hydrogens is 258 g/mol. The van der Waals surface area contributed by atoms with E-state index in [-0.39, 0.29) is 5.56 Å². The van der Waals surface area contributed by atoms with Gasteiger partial charge < -0.3 is 14.1 Å². The first-order chi connectivity index (χ1) is 9.54. The fourth-order valence-corrected chi connectivity index (χ4v) is 2.07. The molecule has 0 aliphatic rings. The average molecular weight is 271 g/mol. The molecule has 0 saturated carbocycles. The van der Waals surface area contributed by atoms with Gasteiger partial charge in [0.05, 0.1) is 28.6 Å². The van der Waals surface area contributed by atoms with Crippen LogP contribution in [0.3, 0.4) is 0 Å². The number of rotatable bonds is 3. The van der Waals surface area contributed by atoms with Gasteiger partial charge >= 0.3 is 5.97 Å². The summed E-state index contributed by atoms with van der Waals surface area (Å²) in [5.41, 5.74) is 2.59. The summed E-state index contributed by atoms with van der Waals surface area (Å²) >= 11 is 0. The van der Waals surface area contributed by atoms with Gasteiger partial charge in [0.2, 0.25) is 5.89 Å². The molecule has 20 heavy (non-hydrogen) atoms. The normalized spacial score (nSPS) is 11.1. The maximum atomic E-state index is 11.0. The first-order valence-electron chi connectivity index (χ1n) is 6.15. The molecule has 0 atom stereocenters. The number of carbonyl (C=O) groups is 1. The van der Waals surface area contributed by atoms with E-state index >= 15 is 0 Å². The zero-order valence-electron chi connectivity index (χ0n) is 11.1. The highest BCUT2D eigenvalue weighted by molar-refractivity contribution is 5.92. The Morgan fingerprint density at radius 2 is 2.20 bits per heavy atom. The van der Waals surface area contributed by atoms with Crippen molar-refractivity contribution >= 4 is 17.0 Å². The molecule has 1 N–H and O–H groups in total. The molecule has 2 heterocycles. The summed E-state index contributed by atoms with van der Waals surface area (Å²) in [6, 6.07) is 4.84. The van der Waals surface area contributed by atoms with Crippen LogP contribution in [-0.4, -0.2) is 25.6 Å². The second kappa shape index (κ2) is 4.48. The first kappa shape index (κ1) is 12.4. The van der Waals surface area contributed by atoms with Crippen molar-refractivity contribution in [3.63, 3.8) is 0 Å².